The molecule has 0 radical (unpaired) electrons. The summed E-state index contributed by atoms with van der Waals surface area (Å²) in [5.74, 6) is 1.27. The molecule has 2 unspecified atom stereocenters. The van der Waals surface area contributed by atoms with Gasteiger partial charge in [0.05, 0.1) is 0 Å². The van der Waals surface area contributed by atoms with Crippen LogP contribution in [0.15, 0.2) is 66.7 Å². The molecule has 1 aliphatic rings. The van der Waals surface area contributed by atoms with E-state index in [4.69, 9.17) is 5.11 Å². The second-order valence-electron chi connectivity index (χ2n) is 8.72. The fraction of sp³-hybridized carbons (Fsp3) is 0.370. The smallest absolute Gasteiger partial charge is 0.303 e. The van der Waals surface area contributed by atoms with Crippen LogP contribution >= 0.6 is 0 Å². The highest BCUT2D eigenvalue weighted by Crippen LogP contribution is 2.43. The topological polar surface area (TPSA) is 37.3 Å². The highest BCUT2D eigenvalue weighted by atomic mass is 16.4. The van der Waals surface area contributed by atoms with Gasteiger partial charge in [-0.1, -0.05) is 73.7 Å². The van der Waals surface area contributed by atoms with Gasteiger partial charge < -0.3 is 5.11 Å². The number of fused-ring (bicyclic) bond motifs is 1. The minimum atomic E-state index is -0.729. The van der Waals surface area contributed by atoms with Gasteiger partial charge in [0.2, 0.25) is 0 Å². The Bertz CT molecular complexity index is 968. The summed E-state index contributed by atoms with van der Waals surface area (Å²) in [4.78, 5) is 10.7. The molecule has 0 saturated heterocycles. The lowest BCUT2D eigenvalue weighted by atomic mass is 9.86. The van der Waals surface area contributed by atoms with Crippen LogP contribution in [0, 0.1) is 5.92 Å². The summed E-state index contributed by atoms with van der Waals surface area (Å²) >= 11 is 0. The minimum absolute atomic E-state index is 0.205. The molecule has 1 saturated carbocycles. The first kappa shape index (κ1) is 19.7. The molecule has 3 aromatic rings. The van der Waals surface area contributed by atoms with E-state index in [-0.39, 0.29) is 6.42 Å². The zero-order valence-corrected chi connectivity index (χ0v) is 17.2. The summed E-state index contributed by atoms with van der Waals surface area (Å²) in [5.41, 5.74) is 4.02. The van der Waals surface area contributed by atoms with Gasteiger partial charge in [-0.3, -0.25) is 4.79 Å². The summed E-state index contributed by atoms with van der Waals surface area (Å²) < 4.78 is 0. The maximum atomic E-state index is 10.7. The second kappa shape index (κ2) is 8.82. The molecule has 0 amide bonds. The fourth-order valence-corrected chi connectivity index (χ4v) is 5.11. The third-order valence-corrected chi connectivity index (χ3v) is 6.66. The molecular weight excluding hydrogens is 356 g/mol. The molecule has 2 heteroatoms. The molecule has 0 bridgehead atoms. The van der Waals surface area contributed by atoms with Crippen LogP contribution in [-0.2, 0) is 11.2 Å². The number of hydrogen-bond donors (Lipinski definition) is 1. The average Bonchev–Trinajstić information content (AvgIpc) is 3.20. The van der Waals surface area contributed by atoms with Crippen LogP contribution in [0.1, 0.15) is 67.6 Å². The van der Waals surface area contributed by atoms with Gasteiger partial charge in [0.15, 0.2) is 0 Å². The van der Waals surface area contributed by atoms with E-state index in [0.29, 0.717) is 18.3 Å². The average molecular weight is 387 g/mol. The van der Waals surface area contributed by atoms with E-state index >= 15 is 0 Å². The Labute approximate surface area is 173 Å². The predicted molar refractivity (Wildman–Crippen MR) is 119 cm³/mol. The Kier molecular flexibility index (Phi) is 5.99. The second-order valence-corrected chi connectivity index (χ2v) is 8.72. The number of aliphatic carboxylic acids is 1. The molecule has 1 aliphatic carbocycles. The van der Waals surface area contributed by atoms with E-state index in [9.17, 15) is 4.79 Å². The SMILES string of the molecule is C[C@@H](CC1CCC(c2ccc(CCC(=O)O)cc2)C1)c1cccc2ccccc12. The van der Waals surface area contributed by atoms with E-state index in [1.807, 2.05) is 0 Å². The van der Waals surface area contributed by atoms with Gasteiger partial charge in [-0.05, 0) is 77.3 Å². The van der Waals surface area contributed by atoms with E-state index in [1.165, 1.54) is 47.6 Å². The van der Waals surface area contributed by atoms with E-state index in [2.05, 4.69) is 73.7 Å². The fourth-order valence-electron chi connectivity index (χ4n) is 5.11. The first-order chi connectivity index (χ1) is 14.1. The molecule has 0 spiro atoms. The lowest BCUT2D eigenvalue weighted by Crippen LogP contribution is -2.03. The highest BCUT2D eigenvalue weighted by Gasteiger charge is 2.27. The van der Waals surface area contributed by atoms with Crippen molar-refractivity contribution in [3.63, 3.8) is 0 Å². The summed E-state index contributed by atoms with van der Waals surface area (Å²) in [5, 5.41) is 11.6. The normalized spacial score (nSPS) is 20.0. The number of carboxylic acid groups (broad SMARTS) is 1. The largest absolute Gasteiger partial charge is 0.481 e. The molecule has 29 heavy (non-hydrogen) atoms. The number of carbonyl (C=O) groups is 1. The Hall–Kier alpha value is -2.61. The van der Waals surface area contributed by atoms with Crippen molar-refractivity contribution in [2.45, 2.75) is 57.3 Å². The van der Waals surface area contributed by atoms with Gasteiger partial charge in [-0.25, -0.2) is 0 Å². The standard InChI is InChI=1S/C27H30O2/c1-19(25-8-4-6-23-5-2-3-7-26(23)25)17-21-11-15-24(18-21)22-13-9-20(10-14-22)12-16-27(28)29/h2-10,13-14,19,21,24H,11-12,15-18H2,1H3,(H,28,29)/t19-,21?,24?/m0/s1. The van der Waals surface area contributed by atoms with Gasteiger partial charge in [-0.15, -0.1) is 0 Å². The van der Waals surface area contributed by atoms with Crippen molar-refractivity contribution in [2.75, 3.05) is 0 Å². The van der Waals surface area contributed by atoms with Crippen LogP contribution in [0.25, 0.3) is 10.8 Å². The van der Waals surface area contributed by atoms with Crippen molar-refractivity contribution in [1.29, 1.82) is 0 Å². The summed E-state index contributed by atoms with van der Waals surface area (Å²) in [6.45, 7) is 2.38. The molecule has 1 fully saturated rings. The Morgan fingerprint density at radius 3 is 2.55 bits per heavy atom. The third kappa shape index (κ3) is 4.70. The van der Waals surface area contributed by atoms with Gasteiger partial charge in [0.1, 0.15) is 0 Å². The molecule has 3 atom stereocenters. The molecule has 4 rings (SSSR count). The number of aryl methyl sites for hydroxylation is 1. The monoisotopic (exact) mass is 386 g/mol. The zero-order valence-electron chi connectivity index (χ0n) is 17.2. The molecule has 1 N–H and O–H groups in total. The number of rotatable bonds is 7. The first-order valence-electron chi connectivity index (χ1n) is 10.9. The van der Waals surface area contributed by atoms with Crippen LogP contribution in [0.2, 0.25) is 0 Å². The molecular formula is C27H30O2. The lowest BCUT2D eigenvalue weighted by molar-refractivity contribution is -0.136. The Morgan fingerprint density at radius 2 is 1.76 bits per heavy atom. The van der Waals surface area contributed by atoms with Gasteiger partial charge in [0, 0.05) is 6.42 Å². The molecule has 0 aliphatic heterocycles. The first-order valence-corrected chi connectivity index (χ1v) is 10.9. The maximum Gasteiger partial charge on any atom is 0.303 e. The Morgan fingerprint density at radius 1 is 1.00 bits per heavy atom. The number of hydrogen-bond acceptors (Lipinski definition) is 1. The van der Waals surface area contributed by atoms with Crippen molar-refractivity contribution >= 4 is 16.7 Å². The number of benzene rings is 3. The van der Waals surface area contributed by atoms with Crippen LogP contribution in [0.5, 0.6) is 0 Å². The van der Waals surface area contributed by atoms with Gasteiger partial charge >= 0.3 is 5.97 Å². The van der Waals surface area contributed by atoms with Crippen molar-refractivity contribution in [3.8, 4) is 0 Å². The Balaban J connectivity index is 1.38. The highest BCUT2D eigenvalue weighted by molar-refractivity contribution is 5.86. The lowest BCUT2D eigenvalue weighted by Gasteiger charge is -2.19. The van der Waals surface area contributed by atoms with Crippen LogP contribution < -0.4 is 0 Å². The van der Waals surface area contributed by atoms with Gasteiger partial charge in [-0.2, -0.15) is 0 Å². The van der Waals surface area contributed by atoms with E-state index < -0.39 is 5.97 Å². The van der Waals surface area contributed by atoms with Crippen molar-refractivity contribution in [1.82, 2.24) is 0 Å². The number of carboxylic acids is 1. The quantitative estimate of drug-likeness (QED) is 0.478. The molecule has 0 heterocycles. The maximum absolute atomic E-state index is 10.7. The van der Waals surface area contributed by atoms with Crippen LogP contribution in [0.3, 0.4) is 0 Å². The summed E-state index contributed by atoms with van der Waals surface area (Å²) in [6.07, 6.45) is 5.91. The van der Waals surface area contributed by atoms with Crippen LogP contribution in [0.4, 0.5) is 0 Å². The molecule has 150 valence electrons. The summed E-state index contributed by atoms with van der Waals surface area (Å²) in [6, 6.07) is 24.1. The van der Waals surface area contributed by atoms with Gasteiger partial charge in [0.25, 0.3) is 0 Å². The molecule has 2 nitrogen and oxygen atoms in total. The minimum Gasteiger partial charge on any atom is -0.481 e. The summed E-state index contributed by atoms with van der Waals surface area (Å²) in [7, 11) is 0. The zero-order chi connectivity index (χ0) is 20.2. The molecule has 3 aromatic carbocycles. The van der Waals surface area contributed by atoms with E-state index in [0.717, 1.165) is 11.5 Å². The molecule has 0 aromatic heterocycles. The van der Waals surface area contributed by atoms with E-state index in [1.54, 1.807) is 0 Å². The van der Waals surface area contributed by atoms with Crippen molar-refractivity contribution in [2.24, 2.45) is 5.92 Å². The van der Waals surface area contributed by atoms with Crippen molar-refractivity contribution in [3.05, 3.63) is 83.4 Å². The predicted octanol–water partition coefficient (Wildman–Crippen LogP) is 6.93. The van der Waals surface area contributed by atoms with Crippen molar-refractivity contribution < 1.29 is 9.90 Å². The third-order valence-electron chi connectivity index (χ3n) is 6.66. The van der Waals surface area contributed by atoms with Crippen LogP contribution in [-0.4, -0.2) is 11.1 Å².